The maximum atomic E-state index is 12.4. The van der Waals surface area contributed by atoms with Crippen molar-refractivity contribution in [2.75, 3.05) is 11.4 Å². The summed E-state index contributed by atoms with van der Waals surface area (Å²) in [5, 5.41) is 13.4. The summed E-state index contributed by atoms with van der Waals surface area (Å²) >= 11 is 3.40. The van der Waals surface area contributed by atoms with Crippen molar-refractivity contribution >= 4 is 33.0 Å². The first-order valence-electron chi connectivity index (χ1n) is 5.91. The zero-order valence-electron chi connectivity index (χ0n) is 10.3. The normalized spacial score (nSPS) is 23.0. The SMILES string of the molecule is C[C@]1(C#N)CCN(c2ccnn3cc(Br)cc23)C1=O. The van der Waals surface area contributed by atoms with Gasteiger partial charge >= 0.3 is 0 Å². The molecule has 2 aromatic heterocycles. The van der Waals surface area contributed by atoms with E-state index in [9.17, 15) is 4.79 Å². The highest BCUT2D eigenvalue weighted by Gasteiger charge is 2.44. The highest BCUT2D eigenvalue weighted by molar-refractivity contribution is 9.10. The van der Waals surface area contributed by atoms with Crippen molar-refractivity contribution in [1.82, 2.24) is 9.61 Å². The molecule has 96 valence electrons. The number of hydrogen-bond donors (Lipinski definition) is 0. The number of amides is 1. The molecule has 0 spiro atoms. The third-order valence-electron chi connectivity index (χ3n) is 3.54. The predicted octanol–water partition coefficient (Wildman–Crippen LogP) is 2.36. The summed E-state index contributed by atoms with van der Waals surface area (Å²) in [6.07, 6.45) is 4.05. The number of fused-ring (bicyclic) bond motifs is 1. The van der Waals surface area contributed by atoms with E-state index in [2.05, 4.69) is 27.1 Å². The van der Waals surface area contributed by atoms with Crippen LogP contribution in [0.3, 0.4) is 0 Å². The third-order valence-corrected chi connectivity index (χ3v) is 3.98. The first-order valence-corrected chi connectivity index (χ1v) is 6.70. The zero-order chi connectivity index (χ0) is 13.6. The second kappa shape index (κ2) is 4.07. The maximum Gasteiger partial charge on any atom is 0.247 e. The summed E-state index contributed by atoms with van der Waals surface area (Å²) < 4.78 is 2.62. The fraction of sp³-hybridized carbons (Fsp3) is 0.308. The van der Waals surface area contributed by atoms with Crippen LogP contribution in [-0.2, 0) is 4.79 Å². The van der Waals surface area contributed by atoms with E-state index in [1.165, 1.54) is 0 Å². The van der Waals surface area contributed by atoms with Gasteiger partial charge in [0.1, 0.15) is 5.41 Å². The number of hydrogen-bond acceptors (Lipinski definition) is 3. The van der Waals surface area contributed by atoms with E-state index in [1.807, 2.05) is 18.3 Å². The van der Waals surface area contributed by atoms with Gasteiger partial charge in [0.15, 0.2) is 0 Å². The highest BCUT2D eigenvalue weighted by atomic mass is 79.9. The number of anilines is 1. The highest BCUT2D eigenvalue weighted by Crippen LogP contribution is 2.36. The summed E-state index contributed by atoms with van der Waals surface area (Å²) in [6, 6.07) is 5.84. The molecule has 1 amide bonds. The van der Waals surface area contributed by atoms with Gasteiger partial charge in [-0.15, -0.1) is 0 Å². The Morgan fingerprint density at radius 3 is 3.05 bits per heavy atom. The number of carbonyl (C=O) groups is 1. The van der Waals surface area contributed by atoms with Crippen molar-refractivity contribution in [2.24, 2.45) is 5.41 Å². The molecule has 1 atom stereocenters. The molecular weight excluding hydrogens is 308 g/mol. The molecule has 3 heterocycles. The number of aromatic nitrogens is 2. The van der Waals surface area contributed by atoms with Gasteiger partial charge in [-0.05, 0) is 41.4 Å². The van der Waals surface area contributed by atoms with Crippen LogP contribution in [0.1, 0.15) is 13.3 Å². The largest absolute Gasteiger partial charge is 0.309 e. The molecule has 0 bridgehead atoms. The van der Waals surface area contributed by atoms with Crippen molar-refractivity contribution in [3.05, 3.63) is 29.0 Å². The van der Waals surface area contributed by atoms with Gasteiger partial charge in [0.05, 0.1) is 17.3 Å². The minimum absolute atomic E-state index is 0.138. The Balaban J connectivity index is 2.12. The minimum atomic E-state index is -0.913. The Hall–Kier alpha value is -1.87. The first kappa shape index (κ1) is 12.2. The van der Waals surface area contributed by atoms with Gasteiger partial charge in [0.25, 0.3) is 0 Å². The molecule has 6 heteroatoms. The minimum Gasteiger partial charge on any atom is -0.309 e. The lowest BCUT2D eigenvalue weighted by Crippen LogP contribution is -2.32. The average molecular weight is 319 g/mol. The Kier molecular flexibility index (Phi) is 2.61. The number of halogens is 1. The van der Waals surface area contributed by atoms with Crippen LogP contribution in [-0.4, -0.2) is 22.1 Å². The van der Waals surface area contributed by atoms with Gasteiger partial charge in [0.2, 0.25) is 5.91 Å². The second-order valence-corrected chi connectivity index (χ2v) is 5.77. The van der Waals surface area contributed by atoms with E-state index in [0.29, 0.717) is 13.0 Å². The van der Waals surface area contributed by atoms with Crippen LogP contribution in [0.25, 0.3) is 5.52 Å². The summed E-state index contributed by atoms with van der Waals surface area (Å²) in [4.78, 5) is 14.0. The van der Waals surface area contributed by atoms with Crippen LogP contribution in [0.2, 0.25) is 0 Å². The fourth-order valence-electron chi connectivity index (χ4n) is 2.37. The van der Waals surface area contributed by atoms with E-state index in [0.717, 1.165) is 15.7 Å². The molecule has 0 saturated carbocycles. The molecular formula is C13H11BrN4O. The van der Waals surface area contributed by atoms with Crippen LogP contribution in [0.15, 0.2) is 29.0 Å². The third kappa shape index (κ3) is 1.73. The van der Waals surface area contributed by atoms with E-state index in [1.54, 1.807) is 22.5 Å². The molecule has 19 heavy (non-hydrogen) atoms. The summed E-state index contributed by atoms with van der Waals surface area (Å²) in [5.41, 5.74) is 0.735. The molecule has 1 aliphatic rings. The predicted molar refractivity (Wildman–Crippen MR) is 73.6 cm³/mol. The topological polar surface area (TPSA) is 61.4 Å². The van der Waals surface area contributed by atoms with Gasteiger partial charge in [-0.1, -0.05) is 0 Å². The summed E-state index contributed by atoms with van der Waals surface area (Å²) in [5.74, 6) is -0.138. The molecule has 3 rings (SSSR count). The van der Waals surface area contributed by atoms with Gasteiger partial charge in [-0.3, -0.25) is 4.79 Å². The fourth-order valence-corrected chi connectivity index (χ4v) is 2.78. The second-order valence-electron chi connectivity index (χ2n) is 4.86. The quantitative estimate of drug-likeness (QED) is 0.811. The first-order chi connectivity index (χ1) is 9.05. The number of nitriles is 1. The molecule has 5 nitrogen and oxygen atoms in total. The Labute approximate surface area is 118 Å². The van der Waals surface area contributed by atoms with Crippen LogP contribution >= 0.6 is 15.9 Å². The monoisotopic (exact) mass is 318 g/mol. The van der Waals surface area contributed by atoms with Gasteiger partial charge in [-0.25, -0.2) is 4.52 Å². The molecule has 1 aliphatic heterocycles. The number of carbonyl (C=O) groups excluding carboxylic acids is 1. The van der Waals surface area contributed by atoms with Crippen molar-refractivity contribution in [3.8, 4) is 6.07 Å². The lowest BCUT2D eigenvalue weighted by atomic mass is 9.91. The van der Waals surface area contributed by atoms with Crippen molar-refractivity contribution in [2.45, 2.75) is 13.3 Å². The van der Waals surface area contributed by atoms with Crippen molar-refractivity contribution in [1.29, 1.82) is 5.26 Å². The summed E-state index contributed by atoms with van der Waals surface area (Å²) in [6.45, 7) is 2.26. The van der Waals surface area contributed by atoms with Crippen LogP contribution in [0.4, 0.5) is 5.69 Å². The molecule has 2 aromatic rings. The van der Waals surface area contributed by atoms with Crippen molar-refractivity contribution < 1.29 is 4.79 Å². The lowest BCUT2D eigenvalue weighted by molar-refractivity contribution is -0.122. The summed E-state index contributed by atoms with van der Waals surface area (Å²) in [7, 11) is 0. The Bertz CT molecular complexity index is 717. The van der Waals surface area contributed by atoms with Crippen LogP contribution < -0.4 is 4.90 Å². The van der Waals surface area contributed by atoms with Gasteiger partial charge in [0, 0.05) is 23.4 Å². The lowest BCUT2D eigenvalue weighted by Gasteiger charge is -2.18. The maximum absolute atomic E-state index is 12.4. The molecule has 1 fully saturated rings. The number of rotatable bonds is 1. The average Bonchev–Trinajstić information content (AvgIpc) is 2.91. The molecule has 1 saturated heterocycles. The molecule has 0 radical (unpaired) electrons. The number of nitrogens with zero attached hydrogens (tertiary/aromatic N) is 4. The Morgan fingerprint density at radius 1 is 1.58 bits per heavy atom. The van der Waals surface area contributed by atoms with Crippen LogP contribution in [0.5, 0.6) is 0 Å². The van der Waals surface area contributed by atoms with Gasteiger partial charge in [-0.2, -0.15) is 10.4 Å². The molecule has 0 aliphatic carbocycles. The molecule has 0 aromatic carbocycles. The van der Waals surface area contributed by atoms with E-state index in [-0.39, 0.29) is 5.91 Å². The van der Waals surface area contributed by atoms with Crippen molar-refractivity contribution in [3.63, 3.8) is 0 Å². The standard InChI is InChI=1S/C13H11BrN4O/c1-13(8-15)3-5-17(12(13)19)10-2-4-16-18-7-9(14)6-11(10)18/h2,4,6-7H,3,5H2,1H3/t13-/m1/s1. The smallest absolute Gasteiger partial charge is 0.247 e. The van der Waals surface area contributed by atoms with E-state index < -0.39 is 5.41 Å². The molecule has 0 unspecified atom stereocenters. The van der Waals surface area contributed by atoms with Gasteiger partial charge < -0.3 is 4.90 Å². The van der Waals surface area contributed by atoms with E-state index >= 15 is 0 Å². The van der Waals surface area contributed by atoms with E-state index in [4.69, 9.17) is 5.26 Å². The zero-order valence-corrected chi connectivity index (χ0v) is 11.9. The molecule has 0 N–H and O–H groups in total. The van der Waals surface area contributed by atoms with Crippen LogP contribution in [0, 0.1) is 16.7 Å². The Morgan fingerprint density at radius 2 is 2.37 bits per heavy atom.